The van der Waals surface area contributed by atoms with Crippen LogP contribution in [0, 0.1) is 6.92 Å². The number of anilines is 1. The van der Waals surface area contributed by atoms with Gasteiger partial charge in [0.15, 0.2) is 5.69 Å². The van der Waals surface area contributed by atoms with Gasteiger partial charge in [-0.15, -0.1) is 0 Å². The zero-order valence-corrected chi connectivity index (χ0v) is 15.1. The minimum atomic E-state index is -4.40. The number of alkyl halides is 3. The predicted molar refractivity (Wildman–Crippen MR) is 98.2 cm³/mol. The summed E-state index contributed by atoms with van der Waals surface area (Å²) in [5.74, 6) is 0.317. The fourth-order valence-electron chi connectivity index (χ4n) is 3.32. The maximum atomic E-state index is 12.9. The van der Waals surface area contributed by atoms with Gasteiger partial charge in [0.2, 0.25) is 0 Å². The topological polar surface area (TPSA) is 65.1 Å². The van der Waals surface area contributed by atoms with Gasteiger partial charge in [-0.05, 0) is 31.2 Å². The largest absolute Gasteiger partial charge is 0.417 e. The number of hydrogen-bond donors (Lipinski definition) is 1. The van der Waals surface area contributed by atoms with Crippen LogP contribution < -0.4 is 4.90 Å². The van der Waals surface area contributed by atoms with Crippen molar-refractivity contribution in [3.05, 3.63) is 53.3 Å². The van der Waals surface area contributed by atoms with Crippen molar-refractivity contribution in [1.29, 1.82) is 0 Å². The second-order valence-corrected chi connectivity index (χ2v) is 6.80. The van der Waals surface area contributed by atoms with Crippen LogP contribution in [-0.2, 0) is 6.18 Å². The van der Waals surface area contributed by atoms with Gasteiger partial charge in [0.25, 0.3) is 5.91 Å². The molecule has 1 aliphatic rings. The monoisotopic (exact) mass is 389 g/mol. The number of aromatic amines is 1. The van der Waals surface area contributed by atoms with Crippen molar-refractivity contribution in [2.75, 3.05) is 31.1 Å². The highest BCUT2D eigenvalue weighted by atomic mass is 19.4. The number of amides is 1. The fraction of sp³-hybridized carbons (Fsp3) is 0.316. The van der Waals surface area contributed by atoms with E-state index in [9.17, 15) is 18.0 Å². The number of piperazine rings is 1. The number of nitrogens with zero attached hydrogens (tertiary/aromatic N) is 4. The second-order valence-electron chi connectivity index (χ2n) is 6.80. The lowest BCUT2D eigenvalue weighted by atomic mass is 10.1. The third kappa shape index (κ3) is 3.39. The number of fused-ring (bicyclic) bond motifs is 1. The molecule has 0 aliphatic carbocycles. The summed E-state index contributed by atoms with van der Waals surface area (Å²) in [6.45, 7) is 3.83. The third-order valence-corrected chi connectivity index (χ3v) is 4.89. The van der Waals surface area contributed by atoms with E-state index in [-0.39, 0.29) is 5.91 Å². The maximum Gasteiger partial charge on any atom is 0.417 e. The summed E-state index contributed by atoms with van der Waals surface area (Å²) in [5.41, 5.74) is 1.47. The number of hydrogen-bond acceptors (Lipinski definition) is 4. The van der Waals surface area contributed by atoms with Crippen molar-refractivity contribution in [1.82, 2.24) is 20.1 Å². The molecule has 0 atom stereocenters. The number of rotatable bonds is 2. The Kier molecular flexibility index (Phi) is 4.44. The maximum absolute atomic E-state index is 12.9. The van der Waals surface area contributed by atoms with E-state index in [2.05, 4.69) is 15.2 Å². The number of benzene rings is 1. The number of aryl methyl sites for hydroxylation is 1. The molecule has 3 aromatic rings. The predicted octanol–water partition coefficient (Wildman–Crippen LogP) is 3.25. The lowest BCUT2D eigenvalue weighted by Crippen LogP contribution is -2.49. The van der Waals surface area contributed by atoms with Crippen LogP contribution in [0.1, 0.15) is 21.6 Å². The molecule has 146 valence electrons. The van der Waals surface area contributed by atoms with Crippen molar-refractivity contribution >= 4 is 22.6 Å². The average Bonchev–Trinajstić information content (AvgIpc) is 3.10. The average molecular weight is 389 g/mol. The number of carbonyl (C=O) groups is 1. The highest BCUT2D eigenvalue weighted by Gasteiger charge is 2.31. The van der Waals surface area contributed by atoms with Gasteiger partial charge >= 0.3 is 6.18 Å². The van der Waals surface area contributed by atoms with Crippen molar-refractivity contribution in [3.63, 3.8) is 0 Å². The van der Waals surface area contributed by atoms with Gasteiger partial charge in [-0.25, -0.2) is 4.98 Å². The standard InChI is InChI=1S/C19H18F3N5O/c1-12-2-4-15-14(10-12)17(25-24-15)18(28)27-8-6-26(7-9-27)16-5-3-13(11-23-16)19(20,21)22/h2-5,10-11H,6-9H2,1H3,(H,24,25). The normalized spacial score (nSPS) is 15.3. The molecule has 2 aromatic heterocycles. The van der Waals surface area contributed by atoms with Crippen LogP contribution in [0.4, 0.5) is 19.0 Å². The van der Waals surface area contributed by atoms with Gasteiger partial charge in [-0.1, -0.05) is 11.6 Å². The number of nitrogens with one attached hydrogen (secondary N) is 1. The van der Waals surface area contributed by atoms with Gasteiger partial charge in [-0.3, -0.25) is 9.89 Å². The Morgan fingerprint density at radius 2 is 1.86 bits per heavy atom. The molecule has 0 bridgehead atoms. The highest BCUT2D eigenvalue weighted by molar-refractivity contribution is 6.04. The SMILES string of the molecule is Cc1ccc2[nH]nc(C(=O)N3CCN(c4ccc(C(F)(F)F)cn4)CC3)c2c1. The summed E-state index contributed by atoms with van der Waals surface area (Å²) in [5, 5.41) is 7.84. The summed E-state index contributed by atoms with van der Waals surface area (Å²) in [6.07, 6.45) is -3.56. The lowest BCUT2D eigenvalue weighted by molar-refractivity contribution is -0.137. The number of carbonyl (C=O) groups excluding carboxylic acids is 1. The Morgan fingerprint density at radius 3 is 2.50 bits per heavy atom. The van der Waals surface area contributed by atoms with Crippen LogP contribution in [0.5, 0.6) is 0 Å². The molecule has 1 amide bonds. The minimum Gasteiger partial charge on any atom is -0.353 e. The van der Waals surface area contributed by atoms with Crippen LogP contribution in [0.15, 0.2) is 36.5 Å². The van der Waals surface area contributed by atoms with Crippen LogP contribution >= 0.6 is 0 Å². The van der Waals surface area contributed by atoms with E-state index in [4.69, 9.17) is 0 Å². The molecule has 0 saturated carbocycles. The zero-order valence-electron chi connectivity index (χ0n) is 15.1. The van der Waals surface area contributed by atoms with Crippen LogP contribution in [0.25, 0.3) is 10.9 Å². The summed E-state index contributed by atoms with van der Waals surface area (Å²) in [6, 6.07) is 8.16. The molecule has 28 heavy (non-hydrogen) atoms. The summed E-state index contributed by atoms with van der Waals surface area (Å²) in [4.78, 5) is 20.4. The first-order valence-corrected chi connectivity index (χ1v) is 8.85. The molecule has 0 unspecified atom stereocenters. The molecule has 4 rings (SSSR count). The van der Waals surface area contributed by atoms with Gasteiger partial charge in [0.05, 0.1) is 11.1 Å². The molecule has 3 heterocycles. The van der Waals surface area contributed by atoms with E-state index in [1.807, 2.05) is 30.0 Å². The molecule has 6 nitrogen and oxygen atoms in total. The molecule has 0 radical (unpaired) electrons. The van der Waals surface area contributed by atoms with E-state index < -0.39 is 11.7 Å². The Hall–Kier alpha value is -3.10. The van der Waals surface area contributed by atoms with Gasteiger partial charge < -0.3 is 9.80 Å². The van der Waals surface area contributed by atoms with Gasteiger partial charge in [0.1, 0.15) is 5.82 Å². The first kappa shape index (κ1) is 18.3. The number of pyridine rings is 1. The van der Waals surface area contributed by atoms with E-state index in [1.165, 1.54) is 6.07 Å². The number of aromatic nitrogens is 3. The smallest absolute Gasteiger partial charge is 0.353 e. The molecule has 1 fully saturated rings. The molecule has 1 N–H and O–H groups in total. The highest BCUT2D eigenvalue weighted by Crippen LogP contribution is 2.29. The number of H-pyrrole nitrogens is 1. The molecule has 1 saturated heterocycles. The fourth-order valence-corrected chi connectivity index (χ4v) is 3.32. The summed E-state index contributed by atoms with van der Waals surface area (Å²) in [7, 11) is 0. The van der Waals surface area contributed by atoms with Crippen LogP contribution in [0.2, 0.25) is 0 Å². The Bertz CT molecular complexity index is 1000. The third-order valence-electron chi connectivity index (χ3n) is 4.89. The molecular weight excluding hydrogens is 371 g/mol. The van der Waals surface area contributed by atoms with E-state index in [0.717, 1.165) is 28.7 Å². The first-order valence-electron chi connectivity index (χ1n) is 8.85. The van der Waals surface area contributed by atoms with Crippen molar-refractivity contribution in [2.45, 2.75) is 13.1 Å². The van der Waals surface area contributed by atoms with Gasteiger partial charge in [0, 0.05) is 37.8 Å². The minimum absolute atomic E-state index is 0.156. The Labute approximate surface area is 159 Å². The van der Waals surface area contributed by atoms with E-state index in [1.54, 1.807) is 4.90 Å². The first-order chi connectivity index (χ1) is 13.3. The Balaban J connectivity index is 1.45. The van der Waals surface area contributed by atoms with Crippen LogP contribution in [0.3, 0.4) is 0 Å². The Morgan fingerprint density at radius 1 is 1.11 bits per heavy atom. The van der Waals surface area contributed by atoms with E-state index >= 15 is 0 Å². The summed E-state index contributed by atoms with van der Waals surface area (Å²) < 4.78 is 38.0. The zero-order chi connectivity index (χ0) is 19.9. The quantitative estimate of drug-likeness (QED) is 0.731. The molecular formula is C19H18F3N5O. The van der Waals surface area contributed by atoms with Crippen molar-refractivity contribution in [2.24, 2.45) is 0 Å². The second kappa shape index (κ2) is 6.81. The molecule has 1 aliphatic heterocycles. The summed E-state index contributed by atoms with van der Waals surface area (Å²) >= 11 is 0. The van der Waals surface area contributed by atoms with Crippen molar-refractivity contribution < 1.29 is 18.0 Å². The molecule has 9 heteroatoms. The molecule has 1 aromatic carbocycles. The van der Waals surface area contributed by atoms with Crippen LogP contribution in [-0.4, -0.2) is 52.2 Å². The molecule has 0 spiro atoms. The van der Waals surface area contributed by atoms with Crippen molar-refractivity contribution in [3.8, 4) is 0 Å². The van der Waals surface area contributed by atoms with Gasteiger partial charge in [-0.2, -0.15) is 18.3 Å². The lowest BCUT2D eigenvalue weighted by Gasteiger charge is -2.35. The van der Waals surface area contributed by atoms with E-state index in [0.29, 0.717) is 37.7 Å². The number of halogens is 3.